The quantitative estimate of drug-likeness (QED) is 0.222. The summed E-state index contributed by atoms with van der Waals surface area (Å²) in [6.45, 7) is 6.64. The molecule has 0 unspecified atom stereocenters. The molecule has 0 aliphatic heterocycles. The average molecular weight is 580 g/mol. The highest BCUT2D eigenvalue weighted by Crippen LogP contribution is 2.42. The number of anilines is 1. The standard InChI is InChI=1S/C31H32Cl2N4OS/c1-31(2,3)22-15-13-21(14-16-22)28-35-36-30(37(28)26-11-7-8-12-26)39-27(20-9-5-4-6-10-20)29(38)34-25-18-23(32)17-24(33)19-25/h4-6,9-10,13-19,26-27H,7-8,11-12H2,1-3H3,(H,34,38)/t27-/m1/s1. The van der Waals surface area contributed by atoms with Crippen LogP contribution in [0, 0.1) is 0 Å². The van der Waals surface area contributed by atoms with Crippen LogP contribution in [0.1, 0.15) is 68.9 Å². The van der Waals surface area contributed by atoms with Crippen molar-refractivity contribution in [3.63, 3.8) is 0 Å². The number of benzene rings is 3. The van der Waals surface area contributed by atoms with Crippen molar-refractivity contribution in [2.75, 3.05) is 5.32 Å². The Morgan fingerprint density at radius 3 is 2.21 bits per heavy atom. The van der Waals surface area contributed by atoms with Crippen LogP contribution in [0.3, 0.4) is 0 Å². The molecule has 0 spiro atoms. The molecule has 1 saturated carbocycles. The van der Waals surface area contributed by atoms with Gasteiger partial charge in [-0.1, -0.05) is 123 Å². The van der Waals surface area contributed by atoms with E-state index in [1.54, 1.807) is 18.2 Å². The van der Waals surface area contributed by atoms with Gasteiger partial charge in [0, 0.05) is 27.3 Å². The smallest absolute Gasteiger partial charge is 0.242 e. The van der Waals surface area contributed by atoms with Gasteiger partial charge in [0.15, 0.2) is 11.0 Å². The van der Waals surface area contributed by atoms with E-state index in [9.17, 15) is 4.79 Å². The van der Waals surface area contributed by atoms with E-state index in [1.807, 2.05) is 30.3 Å². The minimum atomic E-state index is -0.551. The first kappa shape index (κ1) is 27.8. The van der Waals surface area contributed by atoms with Gasteiger partial charge >= 0.3 is 0 Å². The predicted molar refractivity (Wildman–Crippen MR) is 162 cm³/mol. The van der Waals surface area contributed by atoms with Crippen LogP contribution in [0.25, 0.3) is 11.4 Å². The molecule has 1 atom stereocenters. The van der Waals surface area contributed by atoms with Crippen molar-refractivity contribution in [2.24, 2.45) is 0 Å². The minimum Gasteiger partial charge on any atom is -0.325 e. The summed E-state index contributed by atoms with van der Waals surface area (Å²) in [5, 5.41) is 13.4. The van der Waals surface area contributed by atoms with Crippen molar-refractivity contribution in [3.8, 4) is 11.4 Å². The van der Waals surface area contributed by atoms with E-state index in [1.165, 1.54) is 30.2 Å². The highest BCUT2D eigenvalue weighted by atomic mass is 35.5. The molecule has 4 aromatic rings. The van der Waals surface area contributed by atoms with Gasteiger partial charge in [-0.3, -0.25) is 9.36 Å². The number of aromatic nitrogens is 3. The molecule has 202 valence electrons. The molecule has 1 aliphatic rings. The maximum atomic E-state index is 13.7. The molecule has 5 rings (SSSR count). The maximum absolute atomic E-state index is 13.7. The van der Waals surface area contributed by atoms with Gasteiger partial charge in [0.2, 0.25) is 5.91 Å². The SMILES string of the molecule is CC(C)(C)c1ccc(-c2nnc(S[C@@H](C(=O)Nc3cc(Cl)cc(Cl)c3)c3ccccc3)n2C2CCCC2)cc1. The topological polar surface area (TPSA) is 59.8 Å². The number of carbonyl (C=O) groups excluding carboxylic acids is 1. The van der Waals surface area contributed by atoms with Crippen molar-refractivity contribution in [1.82, 2.24) is 14.8 Å². The first-order valence-corrected chi connectivity index (χ1v) is 14.9. The van der Waals surface area contributed by atoms with E-state index in [-0.39, 0.29) is 11.3 Å². The Bertz CT molecular complexity index is 1420. The summed E-state index contributed by atoms with van der Waals surface area (Å²) < 4.78 is 2.25. The van der Waals surface area contributed by atoms with Gasteiger partial charge in [-0.05, 0) is 47.6 Å². The monoisotopic (exact) mass is 578 g/mol. The van der Waals surface area contributed by atoms with Gasteiger partial charge in [-0.15, -0.1) is 10.2 Å². The number of rotatable bonds is 7. The lowest BCUT2D eigenvalue weighted by molar-refractivity contribution is -0.115. The number of carbonyl (C=O) groups is 1. The molecule has 1 aliphatic carbocycles. The lowest BCUT2D eigenvalue weighted by atomic mass is 9.86. The Labute approximate surface area is 244 Å². The van der Waals surface area contributed by atoms with E-state index < -0.39 is 5.25 Å². The first-order chi connectivity index (χ1) is 18.7. The van der Waals surface area contributed by atoms with Gasteiger partial charge in [0.05, 0.1) is 0 Å². The van der Waals surface area contributed by atoms with E-state index in [0.29, 0.717) is 21.8 Å². The van der Waals surface area contributed by atoms with Crippen molar-refractivity contribution in [3.05, 3.63) is 94.0 Å². The minimum absolute atomic E-state index is 0.0716. The summed E-state index contributed by atoms with van der Waals surface area (Å²) in [5.74, 6) is 0.667. The summed E-state index contributed by atoms with van der Waals surface area (Å²) in [7, 11) is 0. The van der Waals surface area contributed by atoms with E-state index in [4.69, 9.17) is 23.2 Å². The van der Waals surface area contributed by atoms with Crippen LogP contribution >= 0.6 is 35.0 Å². The fourth-order valence-electron chi connectivity index (χ4n) is 5.01. The number of thioether (sulfide) groups is 1. The Hall–Kier alpha value is -2.80. The van der Waals surface area contributed by atoms with Crippen LogP contribution in [0.4, 0.5) is 5.69 Å². The molecule has 1 fully saturated rings. The summed E-state index contributed by atoms with van der Waals surface area (Å²) in [6.07, 6.45) is 4.49. The van der Waals surface area contributed by atoms with Crippen molar-refractivity contribution >= 4 is 46.6 Å². The molecular formula is C31H32Cl2N4OS. The summed E-state index contributed by atoms with van der Waals surface area (Å²) in [4.78, 5) is 13.7. The van der Waals surface area contributed by atoms with Gasteiger partial charge < -0.3 is 5.32 Å². The number of hydrogen-bond acceptors (Lipinski definition) is 4. The largest absolute Gasteiger partial charge is 0.325 e. The number of hydrogen-bond donors (Lipinski definition) is 1. The van der Waals surface area contributed by atoms with Crippen LogP contribution in [0.15, 0.2) is 78.0 Å². The molecule has 39 heavy (non-hydrogen) atoms. The molecule has 3 aromatic carbocycles. The van der Waals surface area contributed by atoms with Gasteiger partial charge in [0.1, 0.15) is 5.25 Å². The summed E-state index contributed by atoms with van der Waals surface area (Å²) in [5.41, 5.74) is 3.81. The average Bonchev–Trinajstić information content (AvgIpc) is 3.56. The molecule has 1 N–H and O–H groups in total. The van der Waals surface area contributed by atoms with Crippen LogP contribution in [0.5, 0.6) is 0 Å². The molecule has 5 nitrogen and oxygen atoms in total. The molecular weight excluding hydrogens is 547 g/mol. The molecule has 8 heteroatoms. The normalized spacial score (nSPS) is 14.9. The lowest BCUT2D eigenvalue weighted by Crippen LogP contribution is -2.20. The molecule has 0 saturated heterocycles. The zero-order valence-corrected chi connectivity index (χ0v) is 24.7. The zero-order valence-electron chi connectivity index (χ0n) is 22.3. The Balaban J connectivity index is 1.51. The van der Waals surface area contributed by atoms with Crippen LogP contribution in [-0.4, -0.2) is 20.7 Å². The predicted octanol–water partition coefficient (Wildman–Crippen LogP) is 9.14. The Morgan fingerprint density at radius 2 is 1.59 bits per heavy atom. The van der Waals surface area contributed by atoms with E-state index >= 15 is 0 Å². The van der Waals surface area contributed by atoms with Crippen molar-refractivity contribution in [1.29, 1.82) is 0 Å². The maximum Gasteiger partial charge on any atom is 0.242 e. The zero-order chi connectivity index (χ0) is 27.6. The Morgan fingerprint density at radius 1 is 0.949 bits per heavy atom. The molecule has 1 heterocycles. The van der Waals surface area contributed by atoms with E-state index in [0.717, 1.165) is 34.9 Å². The molecule has 1 amide bonds. The van der Waals surface area contributed by atoms with Crippen LogP contribution < -0.4 is 5.32 Å². The molecule has 1 aromatic heterocycles. The second-order valence-corrected chi connectivity index (χ2v) is 12.9. The van der Waals surface area contributed by atoms with Crippen LogP contribution in [0.2, 0.25) is 10.0 Å². The third-order valence-corrected chi connectivity index (χ3v) is 8.70. The van der Waals surface area contributed by atoms with Crippen LogP contribution in [-0.2, 0) is 10.2 Å². The van der Waals surface area contributed by atoms with Crippen molar-refractivity contribution < 1.29 is 4.79 Å². The number of nitrogens with one attached hydrogen (secondary N) is 1. The van der Waals surface area contributed by atoms with Crippen molar-refractivity contribution in [2.45, 2.75) is 68.3 Å². The molecule has 0 bridgehead atoms. The van der Waals surface area contributed by atoms with Gasteiger partial charge in [0.25, 0.3) is 0 Å². The second-order valence-electron chi connectivity index (χ2n) is 11.0. The number of amides is 1. The first-order valence-electron chi connectivity index (χ1n) is 13.2. The fraction of sp³-hybridized carbons (Fsp3) is 0.323. The van der Waals surface area contributed by atoms with Gasteiger partial charge in [-0.25, -0.2) is 0 Å². The van der Waals surface area contributed by atoms with Gasteiger partial charge in [-0.2, -0.15) is 0 Å². The Kier molecular flexibility index (Phi) is 8.36. The number of nitrogens with zero attached hydrogens (tertiary/aromatic N) is 3. The summed E-state index contributed by atoms with van der Waals surface area (Å²) in [6, 6.07) is 23.7. The third-order valence-electron chi connectivity index (χ3n) is 7.06. The number of halogens is 2. The van der Waals surface area contributed by atoms with E-state index in [2.05, 4.69) is 65.1 Å². The highest BCUT2D eigenvalue weighted by molar-refractivity contribution is 8.00. The highest BCUT2D eigenvalue weighted by Gasteiger charge is 2.30. The second kappa shape index (κ2) is 11.7. The summed E-state index contributed by atoms with van der Waals surface area (Å²) >= 11 is 13.8. The third kappa shape index (κ3) is 6.51. The fourth-order valence-corrected chi connectivity index (χ4v) is 6.64. The lowest BCUT2D eigenvalue weighted by Gasteiger charge is -2.21. The molecule has 0 radical (unpaired) electrons.